The lowest BCUT2D eigenvalue weighted by molar-refractivity contribution is -0.161. The fourth-order valence-corrected chi connectivity index (χ4v) is 13.7. The second kappa shape index (κ2) is 70.7. The maximum atomic E-state index is 13.1. The molecule has 0 aromatic rings. The van der Waals surface area contributed by atoms with Gasteiger partial charge in [-0.15, -0.1) is 0 Å². The summed E-state index contributed by atoms with van der Waals surface area (Å²) < 4.78 is 68.6. The Bertz CT molecular complexity index is 1890. The molecule has 98 heavy (non-hydrogen) atoms. The van der Waals surface area contributed by atoms with Crippen LogP contribution in [-0.4, -0.2) is 96.7 Å². The molecule has 19 heteroatoms. The summed E-state index contributed by atoms with van der Waals surface area (Å²) in [4.78, 5) is 72.9. The highest BCUT2D eigenvalue weighted by atomic mass is 31.2. The molecule has 582 valence electrons. The van der Waals surface area contributed by atoms with E-state index in [2.05, 4.69) is 41.5 Å². The van der Waals surface area contributed by atoms with E-state index >= 15 is 0 Å². The molecule has 0 fully saturated rings. The molecule has 17 nitrogen and oxygen atoms in total. The van der Waals surface area contributed by atoms with Crippen molar-refractivity contribution in [3.63, 3.8) is 0 Å². The van der Waals surface area contributed by atoms with E-state index in [0.29, 0.717) is 25.7 Å². The predicted octanol–water partition coefficient (Wildman–Crippen LogP) is 23.5. The minimum Gasteiger partial charge on any atom is -0.462 e. The molecular weight excluding hydrogens is 1280 g/mol. The lowest BCUT2D eigenvalue weighted by Crippen LogP contribution is -2.30. The normalized spacial score (nSPS) is 14.2. The summed E-state index contributed by atoms with van der Waals surface area (Å²) in [6.07, 6.45) is 59.5. The Morgan fingerprint density at radius 3 is 0.776 bits per heavy atom. The van der Waals surface area contributed by atoms with Gasteiger partial charge in [0.25, 0.3) is 0 Å². The maximum absolute atomic E-state index is 13.1. The van der Waals surface area contributed by atoms with Crippen LogP contribution in [0.4, 0.5) is 0 Å². The Kier molecular flexibility index (Phi) is 69.3. The van der Waals surface area contributed by atoms with Crippen molar-refractivity contribution in [3.8, 4) is 0 Å². The molecule has 0 aliphatic rings. The van der Waals surface area contributed by atoms with Crippen molar-refractivity contribution in [1.29, 1.82) is 0 Å². The molecule has 3 N–H and O–H groups in total. The molecule has 0 radical (unpaired) electrons. The molecule has 0 aliphatic heterocycles. The fraction of sp³-hybridized carbons (Fsp3) is 0.949. The van der Waals surface area contributed by atoms with Crippen LogP contribution in [0.15, 0.2) is 0 Å². The van der Waals surface area contributed by atoms with Gasteiger partial charge < -0.3 is 33.8 Å². The van der Waals surface area contributed by atoms with E-state index in [0.717, 1.165) is 102 Å². The first-order chi connectivity index (χ1) is 47.4. The van der Waals surface area contributed by atoms with Crippen LogP contribution < -0.4 is 0 Å². The van der Waals surface area contributed by atoms with E-state index in [1.54, 1.807) is 0 Å². The van der Waals surface area contributed by atoms with Crippen LogP contribution in [0.5, 0.6) is 0 Å². The van der Waals surface area contributed by atoms with Crippen LogP contribution >= 0.6 is 15.6 Å². The van der Waals surface area contributed by atoms with Crippen molar-refractivity contribution in [2.75, 3.05) is 39.6 Å². The van der Waals surface area contributed by atoms with Crippen LogP contribution in [-0.2, 0) is 65.4 Å². The summed E-state index contributed by atoms with van der Waals surface area (Å²) in [5.41, 5.74) is 0. The Labute approximate surface area is 600 Å². The molecular formula is C79H154O17P2. The molecule has 0 saturated carbocycles. The SMILES string of the molecule is CCCCCCCCCCCCCCCCCCCCCC(=O)O[C@H](COC(=O)CCCCCCCCCCCCCCC(C)C)COP(=O)(O)OC[C@@H](O)COP(=O)(O)OC[C@@H](COC(=O)CCCCCCCCCCCC)OC(=O)CCCCCCCCCCCCC(C)CC. The first-order valence-corrected chi connectivity index (χ1v) is 44.0. The zero-order valence-corrected chi connectivity index (χ0v) is 65.9. The molecule has 3 unspecified atom stereocenters. The summed E-state index contributed by atoms with van der Waals surface area (Å²) in [5.74, 6) is -0.526. The average Bonchev–Trinajstić information content (AvgIpc) is 0.932. The minimum atomic E-state index is -4.96. The smallest absolute Gasteiger partial charge is 0.462 e. The number of ether oxygens (including phenoxy) is 4. The topological polar surface area (TPSA) is 237 Å². The number of unbranched alkanes of at least 4 members (excludes halogenated alkanes) is 47. The first kappa shape index (κ1) is 96.1. The summed E-state index contributed by atoms with van der Waals surface area (Å²) in [6.45, 7) is 9.65. The Morgan fingerprint density at radius 1 is 0.296 bits per heavy atom. The molecule has 0 spiro atoms. The van der Waals surface area contributed by atoms with Crippen LogP contribution in [0, 0.1) is 11.8 Å². The van der Waals surface area contributed by atoms with Crippen LogP contribution in [0.25, 0.3) is 0 Å². The van der Waals surface area contributed by atoms with Crippen molar-refractivity contribution in [3.05, 3.63) is 0 Å². The van der Waals surface area contributed by atoms with Gasteiger partial charge in [-0.25, -0.2) is 9.13 Å². The molecule has 0 aliphatic carbocycles. The van der Waals surface area contributed by atoms with Gasteiger partial charge in [-0.2, -0.15) is 0 Å². The van der Waals surface area contributed by atoms with Crippen LogP contribution in [0.1, 0.15) is 414 Å². The molecule has 0 amide bonds. The van der Waals surface area contributed by atoms with Crippen molar-refractivity contribution in [2.24, 2.45) is 11.8 Å². The van der Waals surface area contributed by atoms with Gasteiger partial charge in [0.2, 0.25) is 0 Å². The number of phosphoric acid groups is 2. The summed E-state index contributed by atoms with van der Waals surface area (Å²) >= 11 is 0. The number of phosphoric ester groups is 2. The largest absolute Gasteiger partial charge is 0.472 e. The zero-order valence-electron chi connectivity index (χ0n) is 64.1. The van der Waals surface area contributed by atoms with E-state index in [1.807, 2.05) is 0 Å². The van der Waals surface area contributed by atoms with Crippen molar-refractivity contribution in [2.45, 2.75) is 432 Å². The molecule has 0 aromatic carbocycles. The van der Waals surface area contributed by atoms with Crippen molar-refractivity contribution < 1.29 is 80.2 Å². The number of carbonyl (C=O) groups excluding carboxylic acids is 4. The zero-order chi connectivity index (χ0) is 72.1. The van der Waals surface area contributed by atoms with Gasteiger partial charge in [-0.05, 0) is 37.5 Å². The molecule has 0 saturated heterocycles. The Morgan fingerprint density at radius 2 is 0.520 bits per heavy atom. The number of hydrogen-bond donors (Lipinski definition) is 3. The third-order valence-corrected chi connectivity index (χ3v) is 20.7. The van der Waals surface area contributed by atoms with Crippen molar-refractivity contribution >= 4 is 39.5 Å². The van der Waals surface area contributed by atoms with Gasteiger partial charge in [0, 0.05) is 25.7 Å². The Balaban J connectivity index is 5.24. The third kappa shape index (κ3) is 71.1. The van der Waals surface area contributed by atoms with E-state index in [4.69, 9.17) is 37.0 Å². The highest BCUT2D eigenvalue weighted by molar-refractivity contribution is 7.47. The van der Waals surface area contributed by atoms with Crippen molar-refractivity contribution in [1.82, 2.24) is 0 Å². The highest BCUT2D eigenvalue weighted by Crippen LogP contribution is 2.45. The maximum Gasteiger partial charge on any atom is 0.472 e. The Hall–Kier alpha value is -1.94. The molecule has 0 bridgehead atoms. The number of hydrogen-bond acceptors (Lipinski definition) is 15. The van der Waals surface area contributed by atoms with Crippen LogP contribution in [0.2, 0.25) is 0 Å². The van der Waals surface area contributed by atoms with Gasteiger partial charge >= 0.3 is 39.5 Å². The van der Waals surface area contributed by atoms with E-state index in [1.165, 1.54) is 231 Å². The van der Waals surface area contributed by atoms with E-state index < -0.39 is 97.5 Å². The van der Waals surface area contributed by atoms with Gasteiger partial charge in [-0.3, -0.25) is 37.3 Å². The van der Waals surface area contributed by atoms with Gasteiger partial charge in [0.15, 0.2) is 12.2 Å². The lowest BCUT2D eigenvalue weighted by atomic mass is 9.99. The number of rotatable bonds is 78. The van der Waals surface area contributed by atoms with E-state index in [9.17, 15) is 43.2 Å². The standard InChI is InChI=1S/C79H154O17P2/c1-7-10-12-14-16-18-20-21-22-23-24-25-26-27-32-39-45-51-57-63-78(83)95-75(68-90-77(82)62-56-50-44-38-31-29-28-30-35-41-47-53-59-71(4)5)70-94-98(87,88)92-66-73(80)65-91-97(85,86)93-69-74(67-89-76(81)61-55-49-43-37-19-17-15-13-11-8-2)96-79(84)64-58-52-46-40-34-33-36-42-48-54-60-72(6)9-3/h71-75,80H,7-70H2,1-6H3,(H,85,86)(H,87,88)/t72?,73-,74+,75+/m0/s1. The number of aliphatic hydroxyl groups excluding tert-OH is 1. The summed E-state index contributed by atoms with van der Waals surface area (Å²) in [5, 5.41) is 10.6. The highest BCUT2D eigenvalue weighted by Gasteiger charge is 2.30. The first-order valence-electron chi connectivity index (χ1n) is 41.0. The second-order valence-electron chi connectivity index (χ2n) is 29.2. The predicted molar refractivity (Wildman–Crippen MR) is 400 cm³/mol. The lowest BCUT2D eigenvalue weighted by Gasteiger charge is -2.21. The fourth-order valence-electron chi connectivity index (χ4n) is 12.2. The number of carbonyl (C=O) groups is 4. The molecule has 0 rings (SSSR count). The van der Waals surface area contributed by atoms with Crippen LogP contribution in [0.3, 0.4) is 0 Å². The van der Waals surface area contributed by atoms with Gasteiger partial charge in [0.1, 0.15) is 19.3 Å². The number of esters is 4. The van der Waals surface area contributed by atoms with Gasteiger partial charge in [0.05, 0.1) is 26.4 Å². The monoisotopic (exact) mass is 1440 g/mol. The molecule has 0 aromatic heterocycles. The molecule has 0 heterocycles. The quantitative estimate of drug-likeness (QED) is 0.0222. The summed E-state index contributed by atoms with van der Waals surface area (Å²) in [6, 6.07) is 0. The second-order valence-corrected chi connectivity index (χ2v) is 32.1. The molecule has 6 atom stereocenters. The minimum absolute atomic E-state index is 0.107. The number of aliphatic hydroxyl groups is 1. The summed E-state index contributed by atoms with van der Waals surface area (Å²) in [7, 11) is -9.92. The third-order valence-electron chi connectivity index (χ3n) is 18.8. The van der Waals surface area contributed by atoms with E-state index in [-0.39, 0.29) is 25.7 Å². The van der Waals surface area contributed by atoms with Gasteiger partial charge in [-0.1, -0.05) is 363 Å². The average molecular weight is 1440 g/mol.